The summed E-state index contributed by atoms with van der Waals surface area (Å²) in [6.45, 7) is 1.86. The van der Waals surface area contributed by atoms with E-state index in [-0.39, 0.29) is 12.5 Å². The van der Waals surface area contributed by atoms with E-state index in [1.54, 1.807) is 0 Å². The number of aliphatic carboxylic acids is 1. The van der Waals surface area contributed by atoms with Crippen molar-refractivity contribution in [3.05, 3.63) is 36.5 Å². The monoisotopic (exact) mass is 335 g/mol. The summed E-state index contributed by atoms with van der Waals surface area (Å²) in [5.41, 5.74) is 0. The first-order chi connectivity index (χ1) is 11.7. The molecule has 2 N–H and O–H groups in total. The van der Waals surface area contributed by atoms with Crippen LogP contribution in [0.15, 0.2) is 36.5 Å². The Kier molecular flexibility index (Phi) is 16.2. The molecule has 0 saturated heterocycles. The number of hydrogen-bond acceptors (Lipinski definition) is 2. The van der Waals surface area contributed by atoms with E-state index in [0.717, 1.165) is 44.9 Å². The van der Waals surface area contributed by atoms with Crippen molar-refractivity contribution in [2.24, 2.45) is 0 Å². The molecule has 4 nitrogen and oxygen atoms in total. The molecule has 0 bridgehead atoms. The number of allylic oxidation sites excluding steroid dienone is 6. The van der Waals surface area contributed by atoms with E-state index in [4.69, 9.17) is 5.11 Å². The predicted octanol–water partition coefficient (Wildman–Crippen LogP) is 4.78. The molecule has 0 spiro atoms. The molecule has 0 aromatic rings. The van der Waals surface area contributed by atoms with E-state index in [1.165, 1.54) is 12.8 Å². The summed E-state index contributed by atoms with van der Waals surface area (Å²) in [5, 5.41) is 10.8. The molecule has 0 saturated carbocycles. The number of amides is 1. The molecule has 0 fully saturated rings. The average molecular weight is 335 g/mol. The van der Waals surface area contributed by atoms with Crippen LogP contribution in [0.5, 0.6) is 0 Å². The second kappa shape index (κ2) is 17.5. The van der Waals surface area contributed by atoms with E-state index in [9.17, 15) is 9.59 Å². The third kappa shape index (κ3) is 18.2. The Morgan fingerprint density at radius 2 is 1.42 bits per heavy atom. The molecule has 0 aliphatic heterocycles. The Morgan fingerprint density at radius 3 is 2.08 bits per heavy atom. The van der Waals surface area contributed by atoms with Crippen LogP contribution in [0.1, 0.15) is 71.1 Å². The van der Waals surface area contributed by atoms with Crippen LogP contribution in [-0.4, -0.2) is 23.5 Å². The van der Waals surface area contributed by atoms with Gasteiger partial charge in [0.1, 0.15) is 6.54 Å². The van der Waals surface area contributed by atoms with Crippen molar-refractivity contribution in [2.45, 2.75) is 71.1 Å². The van der Waals surface area contributed by atoms with E-state index < -0.39 is 5.97 Å². The van der Waals surface area contributed by atoms with Gasteiger partial charge < -0.3 is 10.4 Å². The van der Waals surface area contributed by atoms with E-state index >= 15 is 0 Å². The van der Waals surface area contributed by atoms with Crippen LogP contribution in [-0.2, 0) is 9.59 Å². The molecule has 24 heavy (non-hydrogen) atoms. The summed E-state index contributed by atoms with van der Waals surface area (Å²) in [7, 11) is 0. The van der Waals surface area contributed by atoms with E-state index in [0.29, 0.717) is 6.42 Å². The molecular weight excluding hydrogens is 302 g/mol. The van der Waals surface area contributed by atoms with Crippen LogP contribution in [0.2, 0.25) is 0 Å². The highest BCUT2D eigenvalue weighted by Crippen LogP contribution is 2.07. The molecule has 0 heterocycles. The zero-order valence-electron chi connectivity index (χ0n) is 15.0. The molecule has 0 atom stereocenters. The number of carbonyl (C=O) groups excluding carboxylic acids is 1. The van der Waals surface area contributed by atoms with Gasteiger partial charge in [0.05, 0.1) is 0 Å². The lowest BCUT2D eigenvalue weighted by Gasteiger charge is -2.02. The minimum atomic E-state index is -1.000. The lowest BCUT2D eigenvalue weighted by Crippen LogP contribution is -2.28. The fourth-order valence-corrected chi connectivity index (χ4v) is 2.17. The highest BCUT2D eigenvalue weighted by atomic mass is 16.4. The van der Waals surface area contributed by atoms with Crippen LogP contribution in [0.3, 0.4) is 0 Å². The average Bonchev–Trinajstić information content (AvgIpc) is 2.56. The fraction of sp³-hybridized carbons (Fsp3) is 0.600. The highest BCUT2D eigenvalue weighted by Gasteiger charge is 2.02. The quantitative estimate of drug-likeness (QED) is 0.334. The molecule has 136 valence electrons. The number of rotatable bonds is 15. The standard InChI is InChI=1S/C20H33NO3/c1-2-3-4-5-6-7-8-9-10-11-12-13-14-15-16-17-19(22)21-18-20(23)24/h3-4,6-7,9-10H,2,5,8,11-18H2,1H3,(H,21,22)(H,23,24). The van der Waals surface area contributed by atoms with Crippen molar-refractivity contribution >= 4 is 11.9 Å². The van der Waals surface area contributed by atoms with Gasteiger partial charge in [-0.05, 0) is 38.5 Å². The minimum absolute atomic E-state index is 0.168. The van der Waals surface area contributed by atoms with Crippen molar-refractivity contribution in [1.29, 1.82) is 0 Å². The topological polar surface area (TPSA) is 66.4 Å². The van der Waals surface area contributed by atoms with E-state index in [1.807, 2.05) is 0 Å². The molecule has 0 unspecified atom stereocenters. The van der Waals surface area contributed by atoms with Gasteiger partial charge in [-0.2, -0.15) is 0 Å². The number of carboxylic acids is 1. The molecule has 1 amide bonds. The zero-order chi connectivity index (χ0) is 17.9. The van der Waals surface area contributed by atoms with Gasteiger partial charge in [-0.1, -0.05) is 62.6 Å². The third-order valence-corrected chi connectivity index (χ3v) is 3.49. The number of nitrogens with one attached hydrogen (secondary N) is 1. The van der Waals surface area contributed by atoms with Gasteiger partial charge in [-0.25, -0.2) is 0 Å². The molecule has 0 radical (unpaired) electrons. The number of carbonyl (C=O) groups is 2. The largest absolute Gasteiger partial charge is 0.480 e. The molecule has 0 aromatic heterocycles. The van der Waals surface area contributed by atoms with Crippen LogP contribution in [0.4, 0.5) is 0 Å². The van der Waals surface area contributed by atoms with Gasteiger partial charge in [-0.15, -0.1) is 0 Å². The van der Waals surface area contributed by atoms with Crippen LogP contribution < -0.4 is 5.32 Å². The zero-order valence-corrected chi connectivity index (χ0v) is 15.0. The molecular formula is C20H33NO3. The SMILES string of the molecule is CCC=CCC=CCC=CCCCCCCCC(=O)NCC(=O)O. The maximum absolute atomic E-state index is 11.3. The first kappa shape index (κ1) is 22.2. The maximum Gasteiger partial charge on any atom is 0.322 e. The Balaban J connectivity index is 3.32. The second-order valence-electron chi connectivity index (χ2n) is 5.77. The van der Waals surface area contributed by atoms with Crippen molar-refractivity contribution in [2.75, 3.05) is 6.54 Å². The smallest absolute Gasteiger partial charge is 0.322 e. The fourth-order valence-electron chi connectivity index (χ4n) is 2.17. The van der Waals surface area contributed by atoms with Gasteiger partial charge in [0.15, 0.2) is 0 Å². The summed E-state index contributed by atoms with van der Waals surface area (Å²) in [6.07, 6.45) is 23.2. The third-order valence-electron chi connectivity index (χ3n) is 3.49. The first-order valence-corrected chi connectivity index (χ1v) is 9.10. The van der Waals surface area contributed by atoms with Gasteiger partial charge in [-0.3, -0.25) is 9.59 Å². The Hall–Kier alpha value is -1.84. The van der Waals surface area contributed by atoms with Gasteiger partial charge in [0, 0.05) is 6.42 Å². The Morgan fingerprint density at radius 1 is 0.833 bits per heavy atom. The van der Waals surface area contributed by atoms with Gasteiger partial charge in [0.25, 0.3) is 0 Å². The first-order valence-electron chi connectivity index (χ1n) is 9.10. The number of unbranched alkanes of at least 4 members (excludes halogenated alkanes) is 5. The van der Waals surface area contributed by atoms with Crippen LogP contribution in [0.25, 0.3) is 0 Å². The van der Waals surface area contributed by atoms with Crippen molar-refractivity contribution in [3.8, 4) is 0 Å². The summed E-state index contributed by atoms with van der Waals surface area (Å²) < 4.78 is 0. The van der Waals surface area contributed by atoms with Crippen molar-refractivity contribution in [3.63, 3.8) is 0 Å². The summed E-state index contributed by atoms with van der Waals surface area (Å²) >= 11 is 0. The second-order valence-corrected chi connectivity index (χ2v) is 5.77. The van der Waals surface area contributed by atoms with Crippen LogP contribution >= 0.6 is 0 Å². The molecule has 4 heteroatoms. The molecule has 0 aliphatic carbocycles. The Bertz CT molecular complexity index is 411. The lowest BCUT2D eigenvalue weighted by atomic mass is 10.1. The molecule has 0 aliphatic rings. The lowest BCUT2D eigenvalue weighted by molar-refractivity contribution is -0.137. The van der Waals surface area contributed by atoms with Crippen molar-refractivity contribution in [1.82, 2.24) is 5.32 Å². The summed E-state index contributed by atoms with van der Waals surface area (Å²) in [4.78, 5) is 21.6. The highest BCUT2D eigenvalue weighted by molar-refractivity contribution is 5.80. The van der Waals surface area contributed by atoms with E-state index in [2.05, 4.69) is 48.7 Å². The van der Waals surface area contributed by atoms with Crippen LogP contribution in [0, 0.1) is 0 Å². The Labute approximate surface area is 146 Å². The number of hydrogen-bond donors (Lipinski definition) is 2. The normalized spacial score (nSPS) is 11.7. The minimum Gasteiger partial charge on any atom is -0.480 e. The number of carboxylic acid groups (broad SMARTS) is 1. The van der Waals surface area contributed by atoms with Gasteiger partial charge >= 0.3 is 5.97 Å². The molecule has 0 aromatic carbocycles. The summed E-state index contributed by atoms with van der Waals surface area (Å²) in [6, 6.07) is 0. The van der Waals surface area contributed by atoms with Crippen molar-refractivity contribution < 1.29 is 14.7 Å². The van der Waals surface area contributed by atoms with Gasteiger partial charge in [0.2, 0.25) is 5.91 Å². The molecule has 0 rings (SSSR count). The maximum atomic E-state index is 11.3. The summed E-state index contributed by atoms with van der Waals surface area (Å²) in [5.74, 6) is -1.17. The predicted molar refractivity (Wildman–Crippen MR) is 99.9 cm³/mol.